The van der Waals surface area contributed by atoms with Gasteiger partial charge in [-0.2, -0.15) is 0 Å². The first-order valence-corrected chi connectivity index (χ1v) is 7.30. The minimum atomic E-state index is -0.433. The fraction of sp³-hybridized carbons (Fsp3) is 0.533. The fourth-order valence-electron chi connectivity index (χ4n) is 2.83. The van der Waals surface area contributed by atoms with Gasteiger partial charge in [-0.05, 0) is 37.0 Å². The van der Waals surface area contributed by atoms with Crippen LogP contribution in [0.25, 0.3) is 0 Å². The second-order valence-corrected chi connectivity index (χ2v) is 5.87. The number of benzene rings is 1. The molecule has 5 nitrogen and oxygen atoms in total. The van der Waals surface area contributed by atoms with E-state index in [2.05, 4.69) is 9.80 Å². The summed E-state index contributed by atoms with van der Waals surface area (Å²) in [4.78, 5) is 16.0. The Morgan fingerprint density at radius 2 is 1.90 bits per heavy atom. The molecule has 1 amide bonds. The normalized spacial score (nSPS) is 20.1. The van der Waals surface area contributed by atoms with Crippen LogP contribution in [0.1, 0.15) is 23.2 Å². The van der Waals surface area contributed by atoms with Gasteiger partial charge in [0.25, 0.3) is 0 Å². The molecule has 2 aliphatic rings. The zero-order chi connectivity index (χ0) is 14.1. The minimum absolute atomic E-state index is 0.433. The molecule has 108 valence electrons. The van der Waals surface area contributed by atoms with Crippen LogP contribution in [0.3, 0.4) is 0 Å². The van der Waals surface area contributed by atoms with Crippen LogP contribution >= 0.6 is 0 Å². The number of nitrogens with two attached hydrogens (primary N) is 2. The van der Waals surface area contributed by atoms with E-state index >= 15 is 0 Å². The van der Waals surface area contributed by atoms with Gasteiger partial charge in [-0.3, -0.25) is 9.69 Å². The second-order valence-electron chi connectivity index (χ2n) is 5.87. The summed E-state index contributed by atoms with van der Waals surface area (Å²) in [6.07, 6.45) is 2.81. The summed E-state index contributed by atoms with van der Waals surface area (Å²) in [7, 11) is 0. The van der Waals surface area contributed by atoms with Crippen LogP contribution < -0.4 is 16.4 Å². The summed E-state index contributed by atoms with van der Waals surface area (Å²) in [5.41, 5.74) is 13.4. The van der Waals surface area contributed by atoms with E-state index in [1.165, 1.54) is 19.4 Å². The predicted molar refractivity (Wildman–Crippen MR) is 80.7 cm³/mol. The van der Waals surface area contributed by atoms with Gasteiger partial charge in [0.15, 0.2) is 0 Å². The van der Waals surface area contributed by atoms with Gasteiger partial charge in [0, 0.05) is 38.3 Å². The lowest BCUT2D eigenvalue weighted by molar-refractivity contribution is 0.100. The van der Waals surface area contributed by atoms with Crippen molar-refractivity contribution in [3.63, 3.8) is 0 Å². The molecule has 1 saturated heterocycles. The summed E-state index contributed by atoms with van der Waals surface area (Å²) in [5.74, 6) is 0.513. The van der Waals surface area contributed by atoms with Crippen molar-refractivity contribution in [2.24, 2.45) is 11.7 Å². The van der Waals surface area contributed by atoms with Crippen molar-refractivity contribution in [3.05, 3.63) is 23.8 Å². The van der Waals surface area contributed by atoms with Crippen molar-refractivity contribution in [1.29, 1.82) is 0 Å². The highest BCUT2D eigenvalue weighted by Crippen LogP contribution is 2.31. The first kappa shape index (κ1) is 13.2. The topological polar surface area (TPSA) is 75.6 Å². The van der Waals surface area contributed by atoms with E-state index in [-0.39, 0.29) is 0 Å². The van der Waals surface area contributed by atoms with Crippen LogP contribution in [-0.2, 0) is 0 Å². The number of primary amides is 1. The Morgan fingerprint density at radius 1 is 1.20 bits per heavy atom. The summed E-state index contributed by atoms with van der Waals surface area (Å²) < 4.78 is 0. The highest BCUT2D eigenvalue weighted by Gasteiger charge is 2.26. The van der Waals surface area contributed by atoms with Crippen molar-refractivity contribution in [3.8, 4) is 0 Å². The molecule has 0 bridgehead atoms. The molecule has 4 N–H and O–H groups in total. The molecule has 0 spiro atoms. The van der Waals surface area contributed by atoms with Gasteiger partial charge in [-0.15, -0.1) is 0 Å². The first-order valence-electron chi connectivity index (χ1n) is 7.30. The minimum Gasteiger partial charge on any atom is -0.397 e. The van der Waals surface area contributed by atoms with Crippen LogP contribution in [0, 0.1) is 5.92 Å². The molecule has 1 aliphatic carbocycles. The molecule has 1 heterocycles. The average Bonchev–Trinajstić information content (AvgIpc) is 3.24. The van der Waals surface area contributed by atoms with Crippen molar-refractivity contribution in [1.82, 2.24) is 4.90 Å². The van der Waals surface area contributed by atoms with E-state index < -0.39 is 5.91 Å². The lowest BCUT2D eigenvalue weighted by Gasteiger charge is -2.36. The molecule has 1 aliphatic heterocycles. The summed E-state index contributed by atoms with van der Waals surface area (Å²) in [6.45, 7) is 5.42. The van der Waals surface area contributed by atoms with Gasteiger partial charge < -0.3 is 16.4 Å². The highest BCUT2D eigenvalue weighted by molar-refractivity contribution is 5.94. The molecule has 20 heavy (non-hydrogen) atoms. The number of nitrogens with zero attached hydrogens (tertiary/aromatic N) is 2. The summed E-state index contributed by atoms with van der Waals surface area (Å²) >= 11 is 0. The maximum atomic E-state index is 11.1. The zero-order valence-electron chi connectivity index (χ0n) is 11.7. The Balaban J connectivity index is 1.63. The molecular weight excluding hydrogens is 252 g/mol. The standard InChI is InChI=1S/C15H22N4O/c16-13-9-12(15(17)20)3-4-14(13)19-7-5-18(6-8-19)10-11-1-2-11/h3-4,9,11H,1-2,5-8,10,16H2,(H2,17,20). The molecule has 1 saturated carbocycles. The SMILES string of the molecule is NC(=O)c1ccc(N2CCN(CC3CC3)CC2)c(N)c1. The Hall–Kier alpha value is -1.75. The van der Waals surface area contributed by atoms with Gasteiger partial charge in [-0.1, -0.05) is 0 Å². The van der Waals surface area contributed by atoms with E-state index in [1.54, 1.807) is 12.1 Å². The van der Waals surface area contributed by atoms with Gasteiger partial charge in [-0.25, -0.2) is 0 Å². The Morgan fingerprint density at radius 3 is 2.45 bits per heavy atom. The highest BCUT2D eigenvalue weighted by atomic mass is 16.1. The molecule has 5 heteroatoms. The average molecular weight is 274 g/mol. The number of piperazine rings is 1. The number of anilines is 2. The maximum Gasteiger partial charge on any atom is 0.248 e. The van der Waals surface area contributed by atoms with Crippen molar-refractivity contribution < 1.29 is 4.79 Å². The van der Waals surface area contributed by atoms with E-state index in [0.29, 0.717) is 11.3 Å². The number of nitrogen functional groups attached to an aromatic ring is 1. The largest absolute Gasteiger partial charge is 0.397 e. The summed E-state index contributed by atoms with van der Waals surface area (Å²) in [5, 5.41) is 0. The van der Waals surface area contributed by atoms with Crippen molar-refractivity contribution >= 4 is 17.3 Å². The van der Waals surface area contributed by atoms with Gasteiger partial charge >= 0.3 is 0 Å². The van der Waals surface area contributed by atoms with Crippen LogP contribution in [0.4, 0.5) is 11.4 Å². The lowest BCUT2D eigenvalue weighted by atomic mass is 10.1. The summed E-state index contributed by atoms with van der Waals surface area (Å²) in [6, 6.07) is 5.34. The molecule has 0 atom stereocenters. The fourth-order valence-corrected chi connectivity index (χ4v) is 2.83. The Bertz CT molecular complexity index is 505. The quantitative estimate of drug-likeness (QED) is 0.800. The molecule has 0 unspecified atom stereocenters. The first-order chi connectivity index (χ1) is 9.63. The zero-order valence-corrected chi connectivity index (χ0v) is 11.7. The van der Waals surface area contributed by atoms with Crippen molar-refractivity contribution in [2.45, 2.75) is 12.8 Å². The van der Waals surface area contributed by atoms with E-state index in [1.807, 2.05) is 6.07 Å². The van der Waals surface area contributed by atoms with Crippen molar-refractivity contribution in [2.75, 3.05) is 43.4 Å². The number of rotatable bonds is 4. The van der Waals surface area contributed by atoms with Crippen LogP contribution in [0.2, 0.25) is 0 Å². The monoisotopic (exact) mass is 274 g/mol. The maximum absolute atomic E-state index is 11.1. The van der Waals surface area contributed by atoms with Gasteiger partial charge in [0.05, 0.1) is 11.4 Å². The molecule has 2 fully saturated rings. The van der Waals surface area contributed by atoms with Crippen LogP contribution in [-0.4, -0.2) is 43.5 Å². The van der Waals surface area contributed by atoms with Gasteiger partial charge in [0.1, 0.15) is 0 Å². The number of carbonyl (C=O) groups is 1. The lowest BCUT2D eigenvalue weighted by Crippen LogP contribution is -2.47. The third-order valence-electron chi connectivity index (χ3n) is 4.24. The Labute approximate surface area is 119 Å². The predicted octanol–water partition coefficient (Wildman–Crippen LogP) is 0.900. The molecule has 0 radical (unpaired) electrons. The van der Waals surface area contributed by atoms with Crippen LogP contribution in [0.5, 0.6) is 0 Å². The van der Waals surface area contributed by atoms with E-state index in [9.17, 15) is 4.79 Å². The second kappa shape index (κ2) is 5.32. The molecular formula is C15H22N4O. The number of hydrogen-bond acceptors (Lipinski definition) is 4. The van der Waals surface area contributed by atoms with Crippen LogP contribution in [0.15, 0.2) is 18.2 Å². The number of hydrogen-bond donors (Lipinski definition) is 2. The molecule has 1 aromatic carbocycles. The number of amides is 1. The third-order valence-corrected chi connectivity index (χ3v) is 4.24. The van der Waals surface area contributed by atoms with E-state index in [4.69, 9.17) is 11.5 Å². The number of carbonyl (C=O) groups excluding carboxylic acids is 1. The third kappa shape index (κ3) is 2.88. The smallest absolute Gasteiger partial charge is 0.248 e. The Kier molecular flexibility index (Phi) is 3.53. The van der Waals surface area contributed by atoms with E-state index in [0.717, 1.165) is 37.8 Å². The molecule has 1 aromatic rings. The van der Waals surface area contributed by atoms with Gasteiger partial charge in [0.2, 0.25) is 5.91 Å². The molecule has 0 aromatic heterocycles. The molecule has 3 rings (SSSR count).